The monoisotopic (exact) mass is 258 g/mol. The van der Waals surface area contributed by atoms with Crippen LogP contribution in [0.1, 0.15) is 37.2 Å². The highest BCUT2D eigenvalue weighted by Gasteiger charge is 2.22. The Kier molecular flexibility index (Phi) is 3.60. The van der Waals surface area contributed by atoms with Gasteiger partial charge >= 0.3 is 0 Å². The maximum atomic E-state index is 4.29. The Morgan fingerprint density at radius 2 is 1.83 bits per heavy atom. The molecule has 0 unspecified atom stereocenters. The molecular weight excluding hydrogens is 240 g/mol. The molecule has 1 heterocycles. The predicted octanol–water partition coefficient (Wildman–Crippen LogP) is 4.28. The summed E-state index contributed by atoms with van der Waals surface area (Å²) in [6, 6.07) is 11.5. The average molecular weight is 258 g/mol. The van der Waals surface area contributed by atoms with Crippen molar-refractivity contribution in [3.05, 3.63) is 47.5 Å². The van der Waals surface area contributed by atoms with E-state index in [0.29, 0.717) is 6.04 Å². The number of benzene rings is 1. The Labute approximate surface area is 112 Å². The lowest BCUT2D eigenvalue weighted by Gasteiger charge is -2.29. The van der Waals surface area contributed by atoms with Gasteiger partial charge in [0, 0.05) is 17.6 Å². The van der Waals surface area contributed by atoms with Gasteiger partial charge in [-0.1, -0.05) is 30.3 Å². The third-order valence-electron chi connectivity index (χ3n) is 3.76. The minimum absolute atomic E-state index is 0.608. The maximum absolute atomic E-state index is 4.29. The van der Waals surface area contributed by atoms with Crippen LogP contribution in [0, 0.1) is 0 Å². The van der Waals surface area contributed by atoms with Crippen LogP contribution in [0.15, 0.2) is 41.9 Å². The summed E-state index contributed by atoms with van der Waals surface area (Å²) in [6.07, 6.45) is 6.93. The van der Waals surface area contributed by atoms with Crippen LogP contribution in [0.5, 0.6) is 0 Å². The second-order valence-corrected chi connectivity index (χ2v) is 5.84. The fourth-order valence-electron chi connectivity index (χ4n) is 2.77. The van der Waals surface area contributed by atoms with Gasteiger partial charge in [0.05, 0.1) is 0 Å². The average Bonchev–Trinajstić information content (AvgIpc) is 2.94. The summed E-state index contributed by atoms with van der Waals surface area (Å²) in [6.45, 7) is 0. The van der Waals surface area contributed by atoms with Crippen molar-refractivity contribution in [3.8, 4) is 0 Å². The minimum Gasteiger partial charge on any atom is -0.359 e. The first kappa shape index (κ1) is 11.7. The first-order chi connectivity index (χ1) is 8.92. The lowest BCUT2D eigenvalue weighted by atomic mass is 9.82. The van der Waals surface area contributed by atoms with Gasteiger partial charge in [0.25, 0.3) is 0 Å². The second-order valence-electron chi connectivity index (χ2n) is 4.94. The summed E-state index contributed by atoms with van der Waals surface area (Å²) in [5.74, 6) is 0.751. The van der Waals surface area contributed by atoms with Crippen molar-refractivity contribution in [2.24, 2.45) is 0 Å². The van der Waals surface area contributed by atoms with Crippen molar-refractivity contribution < 1.29 is 0 Å². The summed E-state index contributed by atoms with van der Waals surface area (Å²) < 4.78 is 0. The van der Waals surface area contributed by atoms with Crippen LogP contribution >= 0.6 is 11.3 Å². The maximum Gasteiger partial charge on any atom is 0.182 e. The van der Waals surface area contributed by atoms with Crippen LogP contribution in [-0.4, -0.2) is 11.0 Å². The number of hydrogen-bond donors (Lipinski definition) is 1. The van der Waals surface area contributed by atoms with Crippen molar-refractivity contribution in [1.29, 1.82) is 0 Å². The van der Waals surface area contributed by atoms with Gasteiger partial charge in [-0.2, -0.15) is 0 Å². The molecule has 0 aliphatic heterocycles. The molecule has 1 fully saturated rings. The largest absolute Gasteiger partial charge is 0.359 e. The molecule has 3 rings (SSSR count). The predicted molar refractivity (Wildman–Crippen MR) is 77.2 cm³/mol. The van der Waals surface area contributed by atoms with E-state index in [2.05, 4.69) is 40.6 Å². The fourth-order valence-corrected chi connectivity index (χ4v) is 3.37. The van der Waals surface area contributed by atoms with Crippen molar-refractivity contribution in [3.63, 3.8) is 0 Å². The first-order valence-electron chi connectivity index (χ1n) is 6.63. The minimum atomic E-state index is 0.608. The highest BCUT2D eigenvalue weighted by Crippen LogP contribution is 2.33. The van der Waals surface area contributed by atoms with E-state index < -0.39 is 0 Å². The van der Waals surface area contributed by atoms with E-state index in [9.17, 15) is 0 Å². The molecule has 1 aromatic heterocycles. The standard InChI is InChI=1S/C15H18N2S/c1-2-4-12(5-3-1)13-6-8-14(9-7-13)17-15-16-10-11-18-15/h1-5,10-11,13-14H,6-9H2,(H,16,17). The molecular formula is C15H18N2S. The number of nitrogens with zero attached hydrogens (tertiary/aromatic N) is 1. The Hall–Kier alpha value is -1.35. The molecule has 1 aromatic carbocycles. The van der Waals surface area contributed by atoms with E-state index in [1.165, 1.54) is 31.2 Å². The van der Waals surface area contributed by atoms with Crippen molar-refractivity contribution in [2.45, 2.75) is 37.6 Å². The summed E-state index contributed by atoms with van der Waals surface area (Å²) in [4.78, 5) is 4.29. The smallest absolute Gasteiger partial charge is 0.182 e. The molecule has 94 valence electrons. The van der Waals surface area contributed by atoms with Gasteiger partial charge in [-0.05, 0) is 37.2 Å². The van der Waals surface area contributed by atoms with Gasteiger partial charge in [0.2, 0.25) is 0 Å². The van der Waals surface area contributed by atoms with E-state index in [1.807, 2.05) is 11.6 Å². The Morgan fingerprint density at radius 1 is 1.06 bits per heavy atom. The van der Waals surface area contributed by atoms with Gasteiger partial charge in [-0.15, -0.1) is 11.3 Å². The molecule has 0 atom stereocenters. The molecule has 1 aliphatic rings. The first-order valence-corrected chi connectivity index (χ1v) is 7.51. The third kappa shape index (κ3) is 2.72. The van der Waals surface area contributed by atoms with Crippen LogP contribution < -0.4 is 5.32 Å². The van der Waals surface area contributed by atoms with Gasteiger partial charge in [0.1, 0.15) is 0 Å². The van der Waals surface area contributed by atoms with E-state index in [-0.39, 0.29) is 0 Å². The summed E-state index contributed by atoms with van der Waals surface area (Å²) in [5, 5.41) is 6.63. The summed E-state index contributed by atoms with van der Waals surface area (Å²) in [7, 11) is 0. The summed E-state index contributed by atoms with van der Waals surface area (Å²) in [5.41, 5.74) is 1.50. The van der Waals surface area contributed by atoms with Crippen molar-refractivity contribution >= 4 is 16.5 Å². The number of nitrogens with one attached hydrogen (secondary N) is 1. The Morgan fingerprint density at radius 3 is 2.50 bits per heavy atom. The van der Waals surface area contributed by atoms with Crippen molar-refractivity contribution in [2.75, 3.05) is 5.32 Å². The topological polar surface area (TPSA) is 24.9 Å². The molecule has 0 saturated heterocycles. The molecule has 2 nitrogen and oxygen atoms in total. The van der Waals surface area contributed by atoms with Crippen molar-refractivity contribution in [1.82, 2.24) is 4.98 Å². The molecule has 0 spiro atoms. The third-order valence-corrected chi connectivity index (χ3v) is 4.46. The van der Waals surface area contributed by atoms with Crippen LogP contribution in [0.2, 0.25) is 0 Å². The molecule has 18 heavy (non-hydrogen) atoms. The molecule has 3 heteroatoms. The second kappa shape index (κ2) is 5.53. The van der Waals surface area contributed by atoms with E-state index in [4.69, 9.17) is 0 Å². The molecule has 1 saturated carbocycles. The molecule has 0 amide bonds. The molecule has 2 aromatic rings. The van der Waals surface area contributed by atoms with Gasteiger partial charge in [0.15, 0.2) is 5.13 Å². The van der Waals surface area contributed by atoms with E-state index >= 15 is 0 Å². The van der Waals surface area contributed by atoms with Crippen LogP contribution in [0.4, 0.5) is 5.13 Å². The molecule has 1 N–H and O–H groups in total. The zero-order chi connectivity index (χ0) is 12.2. The number of anilines is 1. The highest BCUT2D eigenvalue weighted by atomic mass is 32.1. The quantitative estimate of drug-likeness (QED) is 0.888. The SMILES string of the molecule is c1ccc(C2CCC(Nc3nccs3)CC2)cc1. The number of thiazole rings is 1. The Balaban J connectivity index is 1.55. The summed E-state index contributed by atoms with van der Waals surface area (Å²) >= 11 is 1.69. The lowest BCUT2D eigenvalue weighted by Crippen LogP contribution is -2.25. The van der Waals surface area contributed by atoms with E-state index in [1.54, 1.807) is 11.3 Å². The number of aromatic nitrogens is 1. The van der Waals surface area contributed by atoms with Gasteiger partial charge < -0.3 is 5.32 Å². The lowest BCUT2D eigenvalue weighted by molar-refractivity contribution is 0.412. The van der Waals surface area contributed by atoms with Crippen LogP contribution in [0.25, 0.3) is 0 Å². The zero-order valence-electron chi connectivity index (χ0n) is 10.4. The van der Waals surface area contributed by atoms with Crippen LogP contribution in [-0.2, 0) is 0 Å². The van der Waals surface area contributed by atoms with Gasteiger partial charge in [-0.3, -0.25) is 0 Å². The molecule has 0 radical (unpaired) electrons. The normalized spacial score (nSPS) is 23.8. The van der Waals surface area contributed by atoms with E-state index in [0.717, 1.165) is 11.0 Å². The van der Waals surface area contributed by atoms with Crippen LogP contribution in [0.3, 0.4) is 0 Å². The highest BCUT2D eigenvalue weighted by molar-refractivity contribution is 7.13. The molecule has 1 aliphatic carbocycles. The number of rotatable bonds is 3. The Bertz CT molecular complexity index is 459. The fraction of sp³-hybridized carbons (Fsp3) is 0.400. The number of hydrogen-bond acceptors (Lipinski definition) is 3. The van der Waals surface area contributed by atoms with Gasteiger partial charge in [-0.25, -0.2) is 4.98 Å². The molecule has 0 bridgehead atoms. The zero-order valence-corrected chi connectivity index (χ0v) is 11.2.